The van der Waals surface area contributed by atoms with Crippen LogP contribution in [0.25, 0.3) is 0 Å². The maximum Gasteiger partial charge on any atom is 0.150 e. The fraction of sp³-hybridized carbons (Fsp3) is 1.00. The van der Waals surface area contributed by atoms with Crippen LogP contribution < -0.4 is 5.32 Å². The van der Waals surface area contributed by atoms with Gasteiger partial charge in [0.05, 0.1) is 5.25 Å². The van der Waals surface area contributed by atoms with Crippen LogP contribution in [-0.4, -0.2) is 57.0 Å². The Morgan fingerprint density at radius 3 is 2.67 bits per heavy atom. The van der Waals surface area contributed by atoms with E-state index in [9.17, 15) is 8.42 Å². The summed E-state index contributed by atoms with van der Waals surface area (Å²) in [5.41, 5.74) is 0.467. The Hall–Kier alpha value is -0.130. The monoisotopic (exact) mass is 314 g/mol. The van der Waals surface area contributed by atoms with Crippen LogP contribution in [0, 0.1) is 5.41 Å². The van der Waals surface area contributed by atoms with E-state index in [-0.39, 0.29) is 5.25 Å². The number of piperidine rings is 2. The maximum absolute atomic E-state index is 11.9. The van der Waals surface area contributed by atoms with Crippen molar-refractivity contribution in [3.05, 3.63) is 0 Å². The first kappa shape index (κ1) is 15.8. The highest BCUT2D eigenvalue weighted by Crippen LogP contribution is 2.38. The van der Waals surface area contributed by atoms with Gasteiger partial charge in [0.2, 0.25) is 0 Å². The molecule has 0 amide bonds. The molecule has 1 saturated carbocycles. The number of rotatable bonds is 2. The van der Waals surface area contributed by atoms with E-state index in [0.29, 0.717) is 11.5 Å². The van der Waals surface area contributed by atoms with E-state index >= 15 is 0 Å². The summed E-state index contributed by atoms with van der Waals surface area (Å²) in [5.74, 6) is 0. The minimum atomic E-state index is -2.87. The Labute approximate surface area is 129 Å². The van der Waals surface area contributed by atoms with Gasteiger partial charge in [-0.25, -0.2) is 8.42 Å². The number of sulfone groups is 1. The molecule has 3 rings (SSSR count). The van der Waals surface area contributed by atoms with Crippen LogP contribution in [0.15, 0.2) is 0 Å². The van der Waals surface area contributed by atoms with Gasteiger partial charge in [0, 0.05) is 25.4 Å². The van der Waals surface area contributed by atoms with Crippen LogP contribution in [0.3, 0.4) is 0 Å². The Morgan fingerprint density at radius 1 is 1.14 bits per heavy atom. The van der Waals surface area contributed by atoms with Crippen molar-refractivity contribution in [2.45, 2.75) is 62.7 Å². The van der Waals surface area contributed by atoms with Crippen molar-refractivity contribution in [1.29, 1.82) is 0 Å². The summed E-state index contributed by atoms with van der Waals surface area (Å²) in [4.78, 5) is 2.63. The van der Waals surface area contributed by atoms with Crippen molar-refractivity contribution in [3.63, 3.8) is 0 Å². The average Bonchev–Trinajstić information content (AvgIpc) is 2.47. The lowest BCUT2D eigenvalue weighted by atomic mass is 9.73. The van der Waals surface area contributed by atoms with Gasteiger partial charge in [0.1, 0.15) is 9.84 Å². The number of hydrogen-bond acceptors (Lipinski definition) is 4. The Morgan fingerprint density at radius 2 is 1.95 bits per heavy atom. The zero-order valence-corrected chi connectivity index (χ0v) is 14.1. The van der Waals surface area contributed by atoms with Crippen LogP contribution in [0.5, 0.6) is 0 Å². The molecule has 4 nitrogen and oxygen atoms in total. The van der Waals surface area contributed by atoms with Gasteiger partial charge in [-0.1, -0.05) is 6.42 Å². The fourth-order valence-corrected chi connectivity index (χ4v) is 5.94. The summed E-state index contributed by atoms with van der Waals surface area (Å²) in [6, 6.07) is 0.498. The summed E-state index contributed by atoms with van der Waals surface area (Å²) >= 11 is 0. The molecule has 0 aromatic carbocycles. The molecule has 0 radical (unpaired) electrons. The topological polar surface area (TPSA) is 49.4 Å². The van der Waals surface area contributed by atoms with Crippen molar-refractivity contribution in [2.24, 2.45) is 5.41 Å². The molecule has 2 heterocycles. The predicted molar refractivity (Wildman–Crippen MR) is 86.2 cm³/mol. The first-order valence-electron chi connectivity index (χ1n) is 8.62. The van der Waals surface area contributed by atoms with Gasteiger partial charge >= 0.3 is 0 Å². The third-order valence-electron chi connectivity index (χ3n) is 5.97. The molecule has 3 aliphatic rings. The zero-order chi connectivity index (χ0) is 14.9. The lowest BCUT2D eigenvalue weighted by Gasteiger charge is -2.49. The second kappa shape index (κ2) is 6.17. The van der Waals surface area contributed by atoms with Gasteiger partial charge in [0.15, 0.2) is 0 Å². The lowest BCUT2D eigenvalue weighted by molar-refractivity contribution is 0.0270. The quantitative estimate of drug-likeness (QED) is 0.844. The van der Waals surface area contributed by atoms with Crippen LogP contribution in [0.4, 0.5) is 0 Å². The van der Waals surface area contributed by atoms with E-state index in [1.54, 1.807) is 0 Å². The molecular weight excluding hydrogens is 284 g/mol. The molecular formula is C16H30N2O2S. The van der Waals surface area contributed by atoms with E-state index < -0.39 is 9.84 Å². The van der Waals surface area contributed by atoms with Gasteiger partial charge in [-0.2, -0.15) is 0 Å². The SMILES string of the molecule is CS(=O)(=O)C1CCCC(N2CCCC3(CCCNC3)C2)C1. The van der Waals surface area contributed by atoms with E-state index in [1.165, 1.54) is 58.0 Å². The number of nitrogens with one attached hydrogen (secondary N) is 1. The van der Waals surface area contributed by atoms with Crippen LogP contribution in [-0.2, 0) is 9.84 Å². The van der Waals surface area contributed by atoms with Gasteiger partial charge in [-0.05, 0) is 63.5 Å². The molecule has 1 aliphatic carbocycles. The van der Waals surface area contributed by atoms with Gasteiger partial charge in [-0.3, -0.25) is 4.90 Å². The molecule has 0 aromatic rings. The van der Waals surface area contributed by atoms with Gasteiger partial charge in [-0.15, -0.1) is 0 Å². The van der Waals surface area contributed by atoms with Crippen molar-refractivity contribution >= 4 is 9.84 Å². The largest absolute Gasteiger partial charge is 0.316 e. The summed E-state index contributed by atoms with van der Waals surface area (Å²) in [5, 5.41) is 3.48. The minimum Gasteiger partial charge on any atom is -0.316 e. The van der Waals surface area contributed by atoms with Gasteiger partial charge < -0.3 is 5.32 Å². The maximum atomic E-state index is 11.9. The second-order valence-electron chi connectivity index (χ2n) is 7.63. The normalized spacial score (nSPS) is 39.5. The molecule has 122 valence electrons. The highest BCUT2D eigenvalue weighted by Gasteiger charge is 2.40. The number of likely N-dealkylation sites (tertiary alicyclic amines) is 1. The molecule has 3 fully saturated rings. The Balaban J connectivity index is 1.65. The first-order valence-corrected chi connectivity index (χ1v) is 10.6. The summed E-state index contributed by atoms with van der Waals surface area (Å²) < 4.78 is 23.8. The smallest absolute Gasteiger partial charge is 0.150 e. The zero-order valence-electron chi connectivity index (χ0n) is 13.3. The first-order chi connectivity index (χ1) is 9.99. The predicted octanol–water partition coefficient (Wildman–Crippen LogP) is 1.81. The Bertz CT molecular complexity index is 451. The molecule has 2 aliphatic heterocycles. The molecule has 21 heavy (non-hydrogen) atoms. The van der Waals surface area contributed by atoms with Crippen LogP contribution >= 0.6 is 0 Å². The molecule has 0 aromatic heterocycles. The van der Waals surface area contributed by atoms with Crippen LogP contribution in [0.1, 0.15) is 51.4 Å². The van der Waals surface area contributed by atoms with E-state index in [1.807, 2.05) is 0 Å². The molecule has 1 spiro atoms. The summed E-state index contributed by atoms with van der Waals surface area (Å²) in [6.07, 6.45) is 10.7. The van der Waals surface area contributed by atoms with Gasteiger partial charge in [0.25, 0.3) is 0 Å². The fourth-order valence-electron chi connectivity index (χ4n) is 4.78. The highest BCUT2D eigenvalue weighted by molar-refractivity contribution is 7.91. The van der Waals surface area contributed by atoms with Crippen molar-refractivity contribution < 1.29 is 8.42 Å². The van der Waals surface area contributed by atoms with Crippen molar-refractivity contribution in [1.82, 2.24) is 10.2 Å². The third kappa shape index (κ3) is 3.62. The number of hydrogen-bond donors (Lipinski definition) is 1. The van der Waals surface area contributed by atoms with E-state index in [0.717, 1.165) is 25.8 Å². The second-order valence-corrected chi connectivity index (χ2v) is 9.95. The Kier molecular flexibility index (Phi) is 4.63. The third-order valence-corrected chi connectivity index (χ3v) is 7.61. The standard InChI is InChI=1S/C16H30N2O2S/c1-21(19,20)15-6-2-5-14(11-15)18-10-4-8-16(13-18)7-3-9-17-12-16/h14-15,17H,2-13H2,1H3. The molecule has 1 N–H and O–H groups in total. The lowest BCUT2D eigenvalue weighted by Crippen LogP contribution is -2.54. The van der Waals surface area contributed by atoms with Crippen molar-refractivity contribution in [2.75, 3.05) is 32.4 Å². The average molecular weight is 314 g/mol. The number of nitrogens with zero attached hydrogens (tertiary/aromatic N) is 1. The van der Waals surface area contributed by atoms with Crippen molar-refractivity contribution in [3.8, 4) is 0 Å². The molecule has 2 saturated heterocycles. The summed E-state index contributed by atoms with van der Waals surface area (Å²) in [6.45, 7) is 4.68. The van der Waals surface area contributed by atoms with E-state index in [4.69, 9.17) is 0 Å². The molecule has 0 bridgehead atoms. The summed E-state index contributed by atoms with van der Waals surface area (Å²) in [7, 11) is -2.87. The molecule has 3 unspecified atom stereocenters. The van der Waals surface area contributed by atoms with E-state index in [2.05, 4.69) is 10.2 Å². The minimum absolute atomic E-state index is 0.0985. The molecule has 5 heteroatoms. The highest BCUT2D eigenvalue weighted by atomic mass is 32.2. The molecule has 3 atom stereocenters. The van der Waals surface area contributed by atoms with Crippen LogP contribution in [0.2, 0.25) is 0 Å².